The lowest BCUT2D eigenvalue weighted by Gasteiger charge is -2.28. The summed E-state index contributed by atoms with van der Waals surface area (Å²) in [5.41, 5.74) is 7.24. The van der Waals surface area contributed by atoms with Crippen LogP contribution in [0.3, 0.4) is 0 Å². The van der Waals surface area contributed by atoms with Gasteiger partial charge in [0, 0.05) is 11.1 Å². The lowest BCUT2D eigenvalue weighted by Crippen LogP contribution is -2.17. The zero-order valence-electron chi connectivity index (χ0n) is 14.5. The largest absolute Gasteiger partial charge is 0.456 e. The Balaban J connectivity index is 3.62. The molecule has 0 saturated heterocycles. The molecule has 0 N–H and O–H groups in total. The van der Waals surface area contributed by atoms with Crippen LogP contribution in [0.25, 0.3) is 0 Å². The molecule has 0 heterocycles. The van der Waals surface area contributed by atoms with Crippen LogP contribution in [0, 0.1) is 0 Å². The summed E-state index contributed by atoms with van der Waals surface area (Å²) in [6, 6.07) is 4.06. The predicted molar refractivity (Wildman–Crippen MR) is 92.5 cm³/mol. The average molecular weight is 298 g/mol. The van der Waals surface area contributed by atoms with Crippen LogP contribution in [0.15, 0.2) is 49.3 Å². The summed E-state index contributed by atoms with van der Waals surface area (Å²) in [7, 11) is 0. The van der Waals surface area contributed by atoms with Crippen LogP contribution in [0.5, 0.6) is 11.5 Å². The van der Waals surface area contributed by atoms with Gasteiger partial charge in [0.1, 0.15) is 24.0 Å². The molecule has 0 unspecified atom stereocenters. The maximum atomic E-state index is 5.72. The fourth-order valence-electron chi connectivity index (χ4n) is 2.14. The van der Waals surface area contributed by atoms with Gasteiger partial charge in [0.25, 0.3) is 0 Å². The summed E-state index contributed by atoms with van der Waals surface area (Å²) in [5, 5.41) is 0. The van der Waals surface area contributed by atoms with E-state index in [0.29, 0.717) is 0 Å². The Morgan fingerprint density at radius 2 is 1.09 bits per heavy atom. The zero-order chi connectivity index (χ0) is 17.0. The van der Waals surface area contributed by atoms with Crippen molar-refractivity contribution in [3.63, 3.8) is 0 Å². The first-order valence-electron chi connectivity index (χ1n) is 7.32. The lowest BCUT2D eigenvalue weighted by molar-refractivity contribution is 0.429. The van der Waals surface area contributed by atoms with Crippen LogP contribution < -0.4 is 9.47 Å². The van der Waals surface area contributed by atoms with E-state index in [1.807, 2.05) is 12.1 Å². The van der Waals surface area contributed by atoms with Gasteiger partial charge < -0.3 is 9.47 Å². The number of hydrogen-bond acceptors (Lipinski definition) is 2. The van der Waals surface area contributed by atoms with Crippen LogP contribution in [0.2, 0.25) is 0 Å². The molecule has 0 saturated carbocycles. The second-order valence-corrected chi connectivity index (χ2v) is 7.22. The highest BCUT2D eigenvalue weighted by Gasteiger charge is 2.26. The van der Waals surface area contributed by atoms with Gasteiger partial charge in [-0.25, -0.2) is 0 Å². The quantitative estimate of drug-likeness (QED) is 0.529. The molecule has 0 aliphatic carbocycles. The molecular formula is C20H26O2. The number of hydrogen-bond donors (Lipinski definition) is 0. The smallest absolute Gasteiger partial charge is 0.133 e. The van der Waals surface area contributed by atoms with Gasteiger partial charge in [-0.15, -0.1) is 0 Å². The van der Waals surface area contributed by atoms with Crippen molar-refractivity contribution < 1.29 is 9.47 Å². The molecule has 1 rings (SSSR count). The molecule has 0 aliphatic heterocycles. The third kappa shape index (κ3) is 4.43. The Hall–Kier alpha value is -2.14. The summed E-state index contributed by atoms with van der Waals surface area (Å²) < 4.78 is 11.4. The molecule has 1 aromatic rings. The van der Waals surface area contributed by atoms with E-state index < -0.39 is 0 Å². The standard InChI is InChI=1S/C20H26O2/c1-9-11-21-17-13-16(20(6,7)8)18(22-12-10-2)14-15(17)19(3,4)5/h11-14H,1-2H2,3-8H3. The topological polar surface area (TPSA) is 18.5 Å². The first-order valence-corrected chi connectivity index (χ1v) is 7.32. The minimum atomic E-state index is -0.0865. The van der Waals surface area contributed by atoms with Crippen molar-refractivity contribution in [2.45, 2.75) is 52.4 Å². The van der Waals surface area contributed by atoms with Crippen LogP contribution in [0.4, 0.5) is 0 Å². The molecule has 0 amide bonds. The Morgan fingerprint density at radius 1 is 0.773 bits per heavy atom. The first-order chi connectivity index (χ1) is 10.1. The summed E-state index contributed by atoms with van der Waals surface area (Å²) in [6.45, 7) is 19.9. The van der Waals surface area contributed by atoms with Crippen molar-refractivity contribution in [1.82, 2.24) is 0 Å². The second kappa shape index (κ2) is 6.75. The Kier molecular flexibility index (Phi) is 5.49. The molecule has 2 heteroatoms. The lowest BCUT2D eigenvalue weighted by atomic mass is 9.81. The number of ether oxygens (including phenoxy) is 2. The number of rotatable bonds is 4. The Morgan fingerprint density at radius 3 is 1.32 bits per heavy atom. The molecule has 0 aliphatic rings. The van der Waals surface area contributed by atoms with Crippen LogP contribution in [-0.4, -0.2) is 0 Å². The van der Waals surface area contributed by atoms with Gasteiger partial charge in [0.05, 0.1) is 0 Å². The van der Waals surface area contributed by atoms with Gasteiger partial charge in [-0.2, -0.15) is 0 Å². The molecular weight excluding hydrogens is 272 g/mol. The van der Waals surface area contributed by atoms with Crippen molar-refractivity contribution in [3.05, 3.63) is 60.4 Å². The van der Waals surface area contributed by atoms with Crippen molar-refractivity contribution in [3.8, 4) is 11.5 Å². The van der Waals surface area contributed by atoms with E-state index in [4.69, 9.17) is 9.47 Å². The maximum absolute atomic E-state index is 5.72. The highest BCUT2D eigenvalue weighted by atomic mass is 16.5. The van der Waals surface area contributed by atoms with E-state index in [9.17, 15) is 0 Å². The van der Waals surface area contributed by atoms with E-state index >= 15 is 0 Å². The van der Waals surface area contributed by atoms with E-state index in [2.05, 4.69) is 66.2 Å². The van der Waals surface area contributed by atoms with Gasteiger partial charge in [0.2, 0.25) is 0 Å². The van der Waals surface area contributed by atoms with Gasteiger partial charge in [-0.05, 0) is 23.0 Å². The van der Waals surface area contributed by atoms with Gasteiger partial charge in [0.15, 0.2) is 0 Å². The predicted octanol–water partition coefficient (Wildman–Crippen LogP) is 5.64. The van der Waals surface area contributed by atoms with E-state index in [1.165, 1.54) is 12.5 Å². The van der Waals surface area contributed by atoms with Crippen molar-refractivity contribution in [2.24, 2.45) is 0 Å². The molecule has 0 fully saturated rings. The van der Waals surface area contributed by atoms with Crippen LogP contribution in [-0.2, 0) is 10.8 Å². The minimum absolute atomic E-state index is 0.0865. The molecule has 0 spiro atoms. The Bertz CT molecular complexity index is 569. The summed E-state index contributed by atoms with van der Waals surface area (Å²) in [6.07, 6.45) is 2.95. The molecule has 0 radical (unpaired) electrons. The zero-order valence-corrected chi connectivity index (χ0v) is 14.5. The first kappa shape index (κ1) is 17.9. The van der Waals surface area contributed by atoms with Crippen LogP contribution >= 0.6 is 0 Å². The summed E-state index contributed by atoms with van der Waals surface area (Å²) >= 11 is 0. The average Bonchev–Trinajstić information content (AvgIpc) is 2.40. The normalized spacial score (nSPS) is 11.2. The van der Waals surface area contributed by atoms with E-state index in [1.54, 1.807) is 0 Å². The SMILES string of the molecule is C=C=COc1cc(C(C)(C)C)c(OC=C=C)cc1C(C)(C)C. The summed E-state index contributed by atoms with van der Waals surface area (Å²) in [4.78, 5) is 0. The van der Waals surface area contributed by atoms with Crippen molar-refractivity contribution >= 4 is 0 Å². The third-order valence-corrected chi connectivity index (χ3v) is 3.24. The van der Waals surface area contributed by atoms with Crippen molar-refractivity contribution in [2.75, 3.05) is 0 Å². The van der Waals surface area contributed by atoms with Crippen LogP contribution in [0.1, 0.15) is 52.7 Å². The third-order valence-electron chi connectivity index (χ3n) is 3.24. The number of benzene rings is 1. The molecule has 0 atom stereocenters. The molecule has 118 valence electrons. The highest BCUT2D eigenvalue weighted by Crippen LogP contribution is 2.41. The van der Waals surface area contributed by atoms with Crippen molar-refractivity contribution in [1.29, 1.82) is 0 Å². The summed E-state index contributed by atoms with van der Waals surface area (Å²) in [5.74, 6) is 1.59. The van der Waals surface area contributed by atoms with Gasteiger partial charge in [-0.1, -0.05) is 66.2 Å². The van der Waals surface area contributed by atoms with Gasteiger partial charge in [-0.3, -0.25) is 0 Å². The minimum Gasteiger partial charge on any atom is -0.456 e. The highest BCUT2D eigenvalue weighted by molar-refractivity contribution is 5.52. The second-order valence-electron chi connectivity index (χ2n) is 7.22. The fraction of sp³-hybridized carbons (Fsp3) is 0.400. The molecule has 0 aromatic heterocycles. The monoisotopic (exact) mass is 298 g/mol. The maximum Gasteiger partial charge on any atom is 0.133 e. The van der Waals surface area contributed by atoms with E-state index in [-0.39, 0.29) is 10.8 Å². The Labute approximate surface area is 134 Å². The molecule has 22 heavy (non-hydrogen) atoms. The molecule has 0 bridgehead atoms. The molecule has 2 nitrogen and oxygen atoms in total. The molecule has 1 aromatic carbocycles. The fourth-order valence-corrected chi connectivity index (χ4v) is 2.14. The van der Waals surface area contributed by atoms with E-state index in [0.717, 1.165) is 22.6 Å². The van der Waals surface area contributed by atoms with Gasteiger partial charge >= 0.3 is 0 Å².